The van der Waals surface area contributed by atoms with E-state index in [2.05, 4.69) is 5.32 Å². The highest BCUT2D eigenvalue weighted by Crippen LogP contribution is 2.31. The van der Waals surface area contributed by atoms with Gasteiger partial charge in [0.2, 0.25) is 0 Å². The van der Waals surface area contributed by atoms with E-state index in [4.69, 9.17) is 9.84 Å². The maximum Gasteiger partial charge on any atom is 0.303 e. The SMILES string of the molecule is COC1(C(=O)NC(C)CCC(=O)O)CCCCC1. The summed E-state index contributed by atoms with van der Waals surface area (Å²) in [5.41, 5.74) is -0.699. The normalized spacial score (nSPS) is 20.1. The van der Waals surface area contributed by atoms with Crippen molar-refractivity contribution >= 4 is 11.9 Å². The monoisotopic (exact) mass is 257 g/mol. The third-order valence-corrected chi connectivity index (χ3v) is 3.63. The van der Waals surface area contributed by atoms with Crippen molar-refractivity contribution in [1.82, 2.24) is 5.32 Å². The van der Waals surface area contributed by atoms with Gasteiger partial charge in [-0.3, -0.25) is 9.59 Å². The summed E-state index contributed by atoms with van der Waals surface area (Å²) < 4.78 is 5.44. The molecule has 1 aliphatic rings. The second kappa shape index (κ2) is 6.73. The molecule has 18 heavy (non-hydrogen) atoms. The van der Waals surface area contributed by atoms with Crippen LogP contribution in [-0.2, 0) is 14.3 Å². The zero-order valence-electron chi connectivity index (χ0n) is 11.2. The molecular weight excluding hydrogens is 234 g/mol. The van der Waals surface area contributed by atoms with Crippen LogP contribution in [-0.4, -0.2) is 35.7 Å². The van der Waals surface area contributed by atoms with E-state index in [0.717, 1.165) is 32.1 Å². The molecule has 1 fully saturated rings. The number of carboxylic acid groups (broad SMARTS) is 1. The summed E-state index contributed by atoms with van der Waals surface area (Å²) in [6.07, 6.45) is 5.17. The first-order chi connectivity index (χ1) is 8.50. The molecule has 0 spiro atoms. The number of rotatable bonds is 6. The van der Waals surface area contributed by atoms with Crippen molar-refractivity contribution in [3.63, 3.8) is 0 Å². The Bertz CT molecular complexity index is 297. The molecule has 1 aliphatic carbocycles. The minimum Gasteiger partial charge on any atom is -0.481 e. The number of methoxy groups -OCH3 is 1. The van der Waals surface area contributed by atoms with E-state index in [0.29, 0.717) is 6.42 Å². The van der Waals surface area contributed by atoms with E-state index in [1.54, 1.807) is 7.11 Å². The Morgan fingerprint density at radius 2 is 1.94 bits per heavy atom. The maximum absolute atomic E-state index is 12.2. The fraction of sp³-hybridized carbons (Fsp3) is 0.846. The number of ether oxygens (including phenoxy) is 1. The van der Waals surface area contributed by atoms with Crippen molar-refractivity contribution in [2.45, 2.75) is 63.5 Å². The van der Waals surface area contributed by atoms with E-state index in [9.17, 15) is 9.59 Å². The Morgan fingerprint density at radius 1 is 1.33 bits per heavy atom. The van der Waals surface area contributed by atoms with E-state index in [-0.39, 0.29) is 18.4 Å². The van der Waals surface area contributed by atoms with Gasteiger partial charge in [-0.05, 0) is 26.2 Å². The molecular formula is C13H23NO4. The number of hydrogen-bond donors (Lipinski definition) is 2. The predicted molar refractivity (Wildman–Crippen MR) is 67.3 cm³/mol. The van der Waals surface area contributed by atoms with Crippen molar-refractivity contribution in [3.05, 3.63) is 0 Å². The van der Waals surface area contributed by atoms with Crippen LogP contribution in [0.25, 0.3) is 0 Å². The number of aliphatic carboxylic acids is 1. The summed E-state index contributed by atoms with van der Waals surface area (Å²) in [6.45, 7) is 1.83. The molecule has 0 heterocycles. The zero-order chi connectivity index (χ0) is 13.6. The summed E-state index contributed by atoms with van der Waals surface area (Å²) in [7, 11) is 1.58. The maximum atomic E-state index is 12.2. The lowest BCUT2D eigenvalue weighted by atomic mass is 9.83. The number of carbonyl (C=O) groups is 2. The van der Waals surface area contributed by atoms with Gasteiger partial charge >= 0.3 is 5.97 Å². The quantitative estimate of drug-likeness (QED) is 0.759. The standard InChI is InChI=1S/C13H23NO4/c1-10(6-7-11(15)16)14-12(17)13(18-2)8-4-3-5-9-13/h10H,3-9H2,1-2H3,(H,14,17)(H,15,16). The van der Waals surface area contributed by atoms with E-state index in [1.807, 2.05) is 6.92 Å². The van der Waals surface area contributed by atoms with Crippen LogP contribution < -0.4 is 5.32 Å². The Hall–Kier alpha value is -1.10. The van der Waals surface area contributed by atoms with Gasteiger partial charge in [0.05, 0.1) is 0 Å². The van der Waals surface area contributed by atoms with Crippen LogP contribution in [0, 0.1) is 0 Å². The molecule has 0 radical (unpaired) electrons. The summed E-state index contributed by atoms with van der Waals surface area (Å²) in [6, 6.07) is -0.137. The number of nitrogens with one attached hydrogen (secondary N) is 1. The third-order valence-electron chi connectivity index (χ3n) is 3.63. The van der Waals surface area contributed by atoms with Gasteiger partial charge < -0.3 is 15.2 Å². The summed E-state index contributed by atoms with van der Waals surface area (Å²) in [5, 5.41) is 11.5. The van der Waals surface area contributed by atoms with Crippen LogP contribution in [0.2, 0.25) is 0 Å². The molecule has 1 atom stereocenters. The first-order valence-electron chi connectivity index (χ1n) is 6.58. The van der Waals surface area contributed by atoms with Gasteiger partial charge in [-0.2, -0.15) is 0 Å². The van der Waals surface area contributed by atoms with Crippen LogP contribution in [0.4, 0.5) is 0 Å². The number of carbonyl (C=O) groups excluding carboxylic acids is 1. The van der Waals surface area contributed by atoms with Crippen LogP contribution in [0.3, 0.4) is 0 Å². The van der Waals surface area contributed by atoms with Gasteiger partial charge in [-0.25, -0.2) is 0 Å². The molecule has 104 valence electrons. The van der Waals surface area contributed by atoms with Crippen LogP contribution in [0.15, 0.2) is 0 Å². The second-order valence-electron chi connectivity index (χ2n) is 5.07. The van der Waals surface area contributed by atoms with E-state index >= 15 is 0 Å². The van der Waals surface area contributed by atoms with Crippen molar-refractivity contribution in [1.29, 1.82) is 0 Å². The Kier molecular flexibility index (Phi) is 5.59. The van der Waals surface area contributed by atoms with Gasteiger partial charge in [0, 0.05) is 19.6 Å². The summed E-state index contributed by atoms with van der Waals surface area (Å²) >= 11 is 0. The summed E-state index contributed by atoms with van der Waals surface area (Å²) in [4.78, 5) is 22.7. The highest BCUT2D eigenvalue weighted by atomic mass is 16.5. The zero-order valence-corrected chi connectivity index (χ0v) is 11.2. The third kappa shape index (κ3) is 3.98. The number of carboxylic acids is 1. The van der Waals surface area contributed by atoms with E-state index in [1.165, 1.54) is 0 Å². The molecule has 5 nitrogen and oxygen atoms in total. The van der Waals surface area contributed by atoms with Crippen molar-refractivity contribution in [3.8, 4) is 0 Å². The molecule has 5 heteroatoms. The first-order valence-corrected chi connectivity index (χ1v) is 6.58. The van der Waals surface area contributed by atoms with Gasteiger partial charge in [0.1, 0.15) is 5.60 Å². The fourth-order valence-corrected chi connectivity index (χ4v) is 2.41. The van der Waals surface area contributed by atoms with Crippen LogP contribution in [0.1, 0.15) is 51.9 Å². The molecule has 1 amide bonds. The molecule has 0 aromatic rings. The molecule has 1 rings (SSSR count). The van der Waals surface area contributed by atoms with Crippen LogP contribution in [0.5, 0.6) is 0 Å². The molecule has 0 aliphatic heterocycles. The van der Waals surface area contributed by atoms with Crippen LogP contribution >= 0.6 is 0 Å². The largest absolute Gasteiger partial charge is 0.481 e. The average molecular weight is 257 g/mol. The van der Waals surface area contributed by atoms with Gasteiger partial charge in [-0.1, -0.05) is 19.3 Å². The molecule has 2 N–H and O–H groups in total. The summed E-state index contributed by atoms with van der Waals surface area (Å²) in [5.74, 6) is -0.933. The molecule has 0 aromatic heterocycles. The minimum absolute atomic E-state index is 0.0709. The lowest BCUT2D eigenvalue weighted by molar-refractivity contribution is -0.148. The van der Waals surface area contributed by atoms with Crippen molar-refractivity contribution in [2.24, 2.45) is 0 Å². The lowest BCUT2D eigenvalue weighted by Gasteiger charge is -2.35. The first kappa shape index (κ1) is 15.0. The smallest absolute Gasteiger partial charge is 0.303 e. The molecule has 1 saturated carbocycles. The van der Waals surface area contributed by atoms with Gasteiger partial charge in [-0.15, -0.1) is 0 Å². The average Bonchev–Trinajstić information content (AvgIpc) is 2.37. The predicted octanol–water partition coefficient (Wildman–Crippen LogP) is 1.71. The highest BCUT2D eigenvalue weighted by Gasteiger charge is 2.39. The topological polar surface area (TPSA) is 75.6 Å². The molecule has 0 bridgehead atoms. The Balaban J connectivity index is 2.48. The molecule has 1 unspecified atom stereocenters. The second-order valence-corrected chi connectivity index (χ2v) is 5.07. The number of amides is 1. The van der Waals surface area contributed by atoms with Gasteiger partial charge in [0.15, 0.2) is 0 Å². The Morgan fingerprint density at radius 3 is 2.44 bits per heavy atom. The lowest BCUT2D eigenvalue weighted by Crippen LogP contribution is -2.51. The van der Waals surface area contributed by atoms with Crippen molar-refractivity contribution < 1.29 is 19.4 Å². The highest BCUT2D eigenvalue weighted by molar-refractivity contribution is 5.85. The van der Waals surface area contributed by atoms with E-state index < -0.39 is 11.6 Å². The fourth-order valence-electron chi connectivity index (χ4n) is 2.41. The number of hydrogen-bond acceptors (Lipinski definition) is 3. The van der Waals surface area contributed by atoms with Crippen molar-refractivity contribution in [2.75, 3.05) is 7.11 Å². The molecule has 0 aromatic carbocycles. The Labute approximate surface area is 108 Å². The minimum atomic E-state index is -0.838. The van der Waals surface area contributed by atoms with Gasteiger partial charge in [0.25, 0.3) is 5.91 Å². The molecule has 0 saturated heterocycles.